The quantitative estimate of drug-likeness (QED) is 0.406. The average molecular weight is 478 g/mol. The highest BCUT2D eigenvalue weighted by atomic mass is 32.2. The molecule has 1 aromatic carbocycles. The highest BCUT2D eigenvalue weighted by Crippen LogP contribution is 2.35. The minimum absolute atomic E-state index is 0.0267. The summed E-state index contributed by atoms with van der Waals surface area (Å²) in [6.07, 6.45) is 1.72. The summed E-state index contributed by atoms with van der Waals surface area (Å²) in [6, 6.07) is 10.1. The topological polar surface area (TPSA) is 94.7 Å². The van der Waals surface area contributed by atoms with Gasteiger partial charge in [0.2, 0.25) is 5.91 Å². The van der Waals surface area contributed by atoms with Crippen molar-refractivity contribution in [1.82, 2.24) is 9.88 Å². The van der Waals surface area contributed by atoms with Crippen LogP contribution in [0.4, 0.5) is 10.8 Å². The summed E-state index contributed by atoms with van der Waals surface area (Å²) in [6.45, 7) is 3.99. The SMILES string of the molecule is NCCN1CCC(C(=O)Nc2nc3ccc(N(CCO)Sc4cccs4)cc3s2)CC1. The van der Waals surface area contributed by atoms with Gasteiger partial charge in [-0.15, -0.1) is 11.3 Å². The van der Waals surface area contributed by atoms with Gasteiger partial charge >= 0.3 is 0 Å². The van der Waals surface area contributed by atoms with Crippen LogP contribution in [0.2, 0.25) is 0 Å². The van der Waals surface area contributed by atoms with Gasteiger partial charge in [-0.1, -0.05) is 17.4 Å². The van der Waals surface area contributed by atoms with Crippen LogP contribution in [0, 0.1) is 5.92 Å². The molecule has 1 aliphatic heterocycles. The molecule has 0 atom stereocenters. The van der Waals surface area contributed by atoms with Crippen molar-refractivity contribution in [2.75, 3.05) is 49.0 Å². The molecule has 0 spiro atoms. The third-order valence-electron chi connectivity index (χ3n) is 5.29. The minimum atomic E-state index is 0.0267. The fourth-order valence-corrected chi connectivity index (χ4v) is 6.38. The van der Waals surface area contributed by atoms with Gasteiger partial charge in [0.15, 0.2) is 5.13 Å². The lowest BCUT2D eigenvalue weighted by molar-refractivity contribution is -0.121. The molecule has 31 heavy (non-hydrogen) atoms. The summed E-state index contributed by atoms with van der Waals surface area (Å²) in [5.74, 6) is 0.0840. The van der Waals surface area contributed by atoms with Crippen LogP contribution in [0.15, 0.2) is 39.9 Å². The number of aromatic nitrogens is 1. The van der Waals surface area contributed by atoms with Crippen molar-refractivity contribution in [3.05, 3.63) is 35.7 Å². The van der Waals surface area contributed by atoms with Crippen molar-refractivity contribution < 1.29 is 9.90 Å². The molecule has 3 aromatic rings. The second kappa shape index (κ2) is 10.8. The number of thiophene rings is 1. The van der Waals surface area contributed by atoms with Crippen molar-refractivity contribution in [1.29, 1.82) is 0 Å². The largest absolute Gasteiger partial charge is 0.394 e. The summed E-state index contributed by atoms with van der Waals surface area (Å²) in [4.78, 5) is 19.6. The van der Waals surface area contributed by atoms with E-state index in [1.807, 2.05) is 23.6 Å². The van der Waals surface area contributed by atoms with Crippen LogP contribution < -0.4 is 15.4 Å². The van der Waals surface area contributed by atoms with Crippen LogP contribution in [0.5, 0.6) is 0 Å². The molecule has 1 fully saturated rings. The Morgan fingerprint density at radius 1 is 1.35 bits per heavy atom. The lowest BCUT2D eigenvalue weighted by atomic mass is 9.96. The Labute approximate surface area is 194 Å². The van der Waals surface area contributed by atoms with Gasteiger partial charge in [-0.2, -0.15) is 0 Å². The fourth-order valence-electron chi connectivity index (χ4n) is 3.67. The maximum Gasteiger partial charge on any atom is 0.229 e. The molecule has 4 rings (SSSR count). The normalized spacial score (nSPS) is 15.4. The Balaban J connectivity index is 1.43. The number of piperidine rings is 1. The van der Waals surface area contributed by atoms with Gasteiger partial charge in [0.05, 0.1) is 27.6 Å². The van der Waals surface area contributed by atoms with Gasteiger partial charge in [0.25, 0.3) is 0 Å². The van der Waals surface area contributed by atoms with E-state index in [2.05, 4.69) is 31.6 Å². The van der Waals surface area contributed by atoms with Gasteiger partial charge in [0, 0.05) is 24.7 Å². The number of nitrogens with zero attached hydrogens (tertiary/aromatic N) is 3. The summed E-state index contributed by atoms with van der Waals surface area (Å²) in [5, 5.41) is 15.2. The maximum absolute atomic E-state index is 12.7. The molecule has 0 saturated carbocycles. The van der Waals surface area contributed by atoms with E-state index < -0.39 is 0 Å². The van der Waals surface area contributed by atoms with Crippen molar-refractivity contribution >= 4 is 61.6 Å². The smallest absolute Gasteiger partial charge is 0.229 e. The molecule has 1 amide bonds. The highest BCUT2D eigenvalue weighted by molar-refractivity contribution is 8.02. The van der Waals surface area contributed by atoms with E-state index in [-0.39, 0.29) is 18.4 Å². The Kier molecular flexibility index (Phi) is 7.81. The predicted octanol–water partition coefficient (Wildman–Crippen LogP) is 3.47. The fraction of sp³-hybridized carbons (Fsp3) is 0.429. The number of nitrogens with two attached hydrogens (primary N) is 1. The Bertz CT molecular complexity index is 986. The molecular formula is C21H27N5O2S3. The average Bonchev–Trinajstić information content (AvgIpc) is 3.43. The van der Waals surface area contributed by atoms with E-state index in [4.69, 9.17) is 5.73 Å². The number of amides is 1. The Morgan fingerprint density at radius 2 is 2.19 bits per heavy atom. The standard InChI is InChI=1S/C21H27N5O2S3/c22-7-10-25-8-5-15(6-9-25)20(28)24-21-23-17-4-3-16(14-18(17)30-21)26(11-12-27)31-19-2-1-13-29-19/h1-4,13-15,27H,5-12,22H2,(H,23,24,28). The summed E-state index contributed by atoms with van der Waals surface area (Å²) in [5.41, 5.74) is 7.50. The van der Waals surface area contributed by atoms with Crippen LogP contribution in [0.25, 0.3) is 10.2 Å². The van der Waals surface area contributed by atoms with E-state index in [0.717, 1.165) is 48.4 Å². The molecule has 10 heteroatoms. The van der Waals surface area contributed by atoms with Crippen LogP contribution in [0.1, 0.15) is 12.8 Å². The van der Waals surface area contributed by atoms with Gasteiger partial charge < -0.3 is 25.4 Å². The van der Waals surface area contributed by atoms with Gasteiger partial charge in [-0.05, 0) is 67.5 Å². The Hall–Kier alpha value is -1.69. The number of nitrogens with one attached hydrogen (secondary N) is 1. The van der Waals surface area contributed by atoms with Crippen molar-refractivity contribution in [2.45, 2.75) is 17.1 Å². The molecule has 0 unspecified atom stereocenters. The van der Waals surface area contributed by atoms with Crippen molar-refractivity contribution in [3.8, 4) is 0 Å². The first-order valence-corrected chi connectivity index (χ1v) is 12.9. The third-order valence-corrected chi connectivity index (χ3v) is 8.33. The minimum Gasteiger partial charge on any atom is -0.394 e. The van der Waals surface area contributed by atoms with Crippen molar-refractivity contribution in [2.24, 2.45) is 11.7 Å². The molecular weight excluding hydrogens is 450 g/mol. The lowest BCUT2D eigenvalue weighted by Crippen LogP contribution is -2.40. The molecule has 0 radical (unpaired) electrons. The number of benzene rings is 1. The molecule has 1 saturated heterocycles. The van der Waals surface area contributed by atoms with Crippen LogP contribution in [-0.4, -0.2) is 60.2 Å². The molecule has 3 heterocycles. The van der Waals surface area contributed by atoms with Gasteiger partial charge in [-0.25, -0.2) is 4.98 Å². The number of carbonyl (C=O) groups is 1. The molecule has 166 valence electrons. The molecule has 4 N–H and O–H groups in total. The number of likely N-dealkylation sites (tertiary alicyclic amines) is 1. The van der Waals surface area contributed by atoms with Gasteiger partial charge in [0.1, 0.15) is 0 Å². The van der Waals surface area contributed by atoms with Gasteiger partial charge in [-0.3, -0.25) is 4.79 Å². The van der Waals surface area contributed by atoms with Crippen LogP contribution >= 0.6 is 34.6 Å². The molecule has 7 nitrogen and oxygen atoms in total. The lowest BCUT2D eigenvalue weighted by Gasteiger charge is -2.30. The van der Waals surface area contributed by atoms with E-state index in [1.165, 1.54) is 15.5 Å². The maximum atomic E-state index is 12.7. The molecule has 0 bridgehead atoms. The number of fused-ring (bicyclic) bond motifs is 1. The molecule has 1 aliphatic rings. The number of anilines is 2. The number of thiazole rings is 1. The summed E-state index contributed by atoms with van der Waals surface area (Å²) >= 11 is 4.78. The zero-order valence-electron chi connectivity index (χ0n) is 17.2. The number of aliphatic hydroxyl groups excluding tert-OH is 1. The number of hydrogen-bond acceptors (Lipinski definition) is 9. The van der Waals surface area contributed by atoms with E-state index >= 15 is 0 Å². The first-order valence-electron chi connectivity index (χ1n) is 10.4. The monoisotopic (exact) mass is 477 g/mol. The third kappa shape index (κ3) is 5.76. The first kappa shape index (κ1) is 22.5. The molecule has 2 aromatic heterocycles. The number of carbonyl (C=O) groups excluding carboxylic acids is 1. The zero-order chi connectivity index (χ0) is 21.6. The van der Waals surface area contributed by atoms with Crippen LogP contribution in [-0.2, 0) is 4.79 Å². The highest BCUT2D eigenvalue weighted by Gasteiger charge is 2.25. The molecule has 0 aliphatic carbocycles. The predicted molar refractivity (Wildman–Crippen MR) is 131 cm³/mol. The van der Waals surface area contributed by atoms with Crippen LogP contribution in [0.3, 0.4) is 0 Å². The second-order valence-corrected chi connectivity index (χ2v) is 10.7. The Morgan fingerprint density at radius 3 is 2.90 bits per heavy atom. The number of rotatable bonds is 9. The summed E-state index contributed by atoms with van der Waals surface area (Å²) in [7, 11) is 0. The van der Waals surface area contributed by atoms with E-state index in [9.17, 15) is 9.90 Å². The second-order valence-electron chi connectivity index (χ2n) is 7.41. The number of hydrogen-bond donors (Lipinski definition) is 3. The first-order chi connectivity index (χ1) is 15.2. The van der Waals surface area contributed by atoms with E-state index in [0.29, 0.717) is 18.2 Å². The van der Waals surface area contributed by atoms with E-state index in [1.54, 1.807) is 23.3 Å². The zero-order valence-corrected chi connectivity index (χ0v) is 19.6. The van der Waals surface area contributed by atoms with Crippen molar-refractivity contribution in [3.63, 3.8) is 0 Å². The number of aliphatic hydroxyl groups is 1. The summed E-state index contributed by atoms with van der Waals surface area (Å²) < 4.78 is 4.27.